The standard InChI is InChI=1S/C66H46N2Si/c1-5-19-47(20-6-1)48-35-37-49(38-36-48)50-21-17-22-53(43-50)67-63-33-15-13-31-59(63)61-44-51(39-41-65(61)67)52-40-42-66-62(45-52)60-32-14-16-34-64(60)68(66)54-23-18-30-58(46-54)69(55-24-7-2-8-25-55,56-26-9-3-10-27-56)57-28-11-4-12-29-57/h1-46H. The van der Waals surface area contributed by atoms with Crippen molar-refractivity contribution >= 4 is 72.4 Å². The molecule has 69 heavy (non-hydrogen) atoms. The van der Waals surface area contributed by atoms with Crippen molar-refractivity contribution in [2.45, 2.75) is 0 Å². The average Bonchev–Trinajstić information content (AvgIpc) is 3.95. The Morgan fingerprint density at radius 3 is 1.04 bits per heavy atom. The molecular formula is C66H46N2Si. The maximum atomic E-state index is 2.47. The molecule has 13 aromatic rings. The summed E-state index contributed by atoms with van der Waals surface area (Å²) in [4.78, 5) is 0. The van der Waals surface area contributed by atoms with E-state index in [-0.39, 0.29) is 0 Å². The Morgan fingerprint density at radius 2 is 0.536 bits per heavy atom. The molecule has 324 valence electrons. The molecule has 0 unspecified atom stereocenters. The largest absolute Gasteiger partial charge is 0.309 e. The number of rotatable bonds is 9. The van der Waals surface area contributed by atoms with E-state index in [0.29, 0.717) is 0 Å². The van der Waals surface area contributed by atoms with Crippen molar-refractivity contribution in [3.63, 3.8) is 0 Å². The highest BCUT2D eigenvalue weighted by Gasteiger charge is 2.41. The minimum absolute atomic E-state index is 1.15. The Hall–Kier alpha value is -8.76. The molecule has 13 rings (SSSR count). The molecule has 0 radical (unpaired) electrons. The predicted octanol–water partition coefficient (Wildman–Crippen LogP) is 14.3. The fraction of sp³-hybridized carbons (Fsp3) is 0. The summed E-state index contributed by atoms with van der Waals surface area (Å²) in [5.41, 5.74) is 14.3. The van der Waals surface area contributed by atoms with Crippen molar-refractivity contribution in [1.29, 1.82) is 0 Å². The maximum Gasteiger partial charge on any atom is 0.179 e. The van der Waals surface area contributed by atoms with Crippen LogP contribution in [0.4, 0.5) is 0 Å². The number of aromatic nitrogens is 2. The van der Waals surface area contributed by atoms with Gasteiger partial charge >= 0.3 is 0 Å². The van der Waals surface area contributed by atoms with Gasteiger partial charge in [-0.1, -0.05) is 218 Å². The highest BCUT2D eigenvalue weighted by atomic mass is 28.3. The van der Waals surface area contributed by atoms with Gasteiger partial charge in [-0.3, -0.25) is 0 Å². The smallest absolute Gasteiger partial charge is 0.179 e. The van der Waals surface area contributed by atoms with Gasteiger partial charge in [0, 0.05) is 32.9 Å². The molecule has 0 aliphatic carbocycles. The molecule has 0 spiro atoms. The lowest BCUT2D eigenvalue weighted by atomic mass is 10.00. The Bertz CT molecular complexity index is 3890. The van der Waals surface area contributed by atoms with Crippen LogP contribution in [0.25, 0.3) is 88.4 Å². The first-order valence-electron chi connectivity index (χ1n) is 23.8. The fourth-order valence-corrected chi connectivity index (χ4v) is 15.9. The second-order valence-corrected chi connectivity index (χ2v) is 21.9. The monoisotopic (exact) mass is 894 g/mol. The van der Waals surface area contributed by atoms with E-state index in [1.807, 2.05) is 0 Å². The van der Waals surface area contributed by atoms with E-state index in [1.54, 1.807) is 0 Å². The molecule has 3 heteroatoms. The molecule has 2 heterocycles. The van der Waals surface area contributed by atoms with E-state index in [9.17, 15) is 0 Å². The van der Waals surface area contributed by atoms with Gasteiger partial charge in [-0.05, 0) is 115 Å². The van der Waals surface area contributed by atoms with Crippen molar-refractivity contribution < 1.29 is 0 Å². The van der Waals surface area contributed by atoms with Crippen LogP contribution in [-0.2, 0) is 0 Å². The molecule has 0 bridgehead atoms. The molecule has 0 saturated heterocycles. The third kappa shape index (κ3) is 6.78. The summed E-state index contributed by atoms with van der Waals surface area (Å²) >= 11 is 0. The Labute approximate surface area is 403 Å². The van der Waals surface area contributed by atoms with Gasteiger partial charge in [0.2, 0.25) is 0 Å². The van der Waals surface area contributed by atoms with Crippen LogP contribution in [0.5, 0.6) is 0 Å². The SMILES string of the molecule is c1ccc(-c2ccc(-c3cccc(-n4c5ccccc5c5cc(-c6ccc7c(c6)c6ccccc6n7-c6cccc([Si](c7ccccc7)(c7ccccc7)c7ccccc7)c6)ccc54)c3)cc2)cc1. The molecule has 2 aromatic heterocycles. The van der Waals surface area contributed by atoms with Gasteiger partial charge in [0.05, 0.1) is 22.1 Å². The van der Waals surface area contributed by atoms with Gasteiger partial charge in [0.25, 0.3) is 0 Å². The Morgan fingerprint density at radius 1 is 0.203 bits per heavy atom. The molecule has 0 N–H and O–H groups in total. The topological polar surface area (TPSA) is 9.86 Å². The lowest BCUT2D eigenvalue weighted by Crippen LogP contribution is -2.74. The van der Waals surface area contributed by atoms with Crippen molar-refractivity contribution in [3.05, 3.63) is 279 Å². The number of hydrogen-bond acceptors (Lipinski definition) is 0. The summed E-state index contributed by atoms with van der Waals surface area (Å²) < 4.78 is 4.90. The lowest BCUT2D eigenvalue weighted by molar-refractivity contribution is 1.18. The van der Waals surface area contributed by atoms with E-state index >= 15 is 0 Å². The van der Waals surface area contributed by atoms with Gasteiger partial charge in [-0.25, -0.2) is 0 Å². The first-order valence-corrected chi connectivity index (χ1v) is 25.8. The zero-order chi connectivity index (χ0) is 45.7. The van der Waals surface area contributed by atoms with E-state index in [0.717, 1.165) is 11.4 Å². The first-order chi connectivity index (χ1) is 34.2. The number of benzene rings is 11. The van der Waals surface area contributed by atoms with E-state index in [2.05, 4.69) is 288 Å². The minimum Gasteiger partial charge on any atom is -0.309 e. The second kappa shape index (κ2) is 16.8. The van der Waals surface area contributed by atoms with Crippen LogP contribution in [-0.4, -0.2) is 17.2 Å². The number of para-hydroxylation sites is 2. The number of hydrogen-bond donors (Lipinski definition) is 0. The lowest BCUT2D eigenvalue weighted by Gasteiger charge is -2.34. The molecule has 0 aliphatic rings. The van der Waals surface area contributed by atoms with Crippen LogP contribution in [0.15, 0.2) is 279 Å². The maximum absolute atomic E-state index is 2.74. The third-order valence-electron chi connectivity index (χ3n) is 14.3. The first kappa shape index (κ1) is 40.5. The highest BCUT2D eigenvalue weighted by molar-refractivity contribution is 7.19. The highest BCUT2D eigenvalue weighted by Crippen LogP contribution is 2.39. The van der Waals surface area contributed by atoms with Crippen LogP contribution >= 0.6 is 0 Å². The van der Waals surface area contributed by atoms with Gasteiger partial charge in [-0.2, -0.15) is 0 Å². The van der Waals surface area contributed by atoms with Gasteiger partial charge in [0.1, 0.15) is 0 Å². The van der Waals surface area contributed by atoms with Crippen molar-refractivity contribution in [2.24, 2.45) is 0 Å². The summed E-state index contributed by atoms with van der Waals surface area (Å²) in [6.07, 6.45) is 0. The number of nitrogens with zero attached hydrogens (tertiary/aromatic N) is 2. The molecule has 0 atom stereocenters. The van der Waals surface area contributed by atoms with Crippen LogP contribution in [0.1, 0.15) is 0 Å². The van der Waals surface area contributed by atoms with E-state index < -0.39 is 8.07 Å². The minimum atomic E-state index is -2.74. The van der Waals surface area contributed by atoms with E-state index in [1.165, 1.54) is 97.7 Å². The Balaban J connectivity index is 0.922. The van der Waals surface area contributed by atoms with Crippen LogP contribution in [0.2, 0.25) is 0 Å². The average molecular weight is 895 g/mol. The summed E-state index contributed by atoms with van der Waals surface area (Å²) in [7, 11) is -2.74. The van der Waals surface area contributed by atoms with Crippen molar-refractivity contribution in [3.8, 4) is 44.8 Å². The van der Waals surface area contributed by atoms with Crippen molar-refractivity contribution in [2.75, 3.05) is 0 Å². The van der Waals surface area contributed by atoms with Crippen LogP contribution < -0.4 is 20.7 Å². The van der Waals surface area contributed by atoms with E-state index in [4.69, 9.17) is 0 Å². The fourth-order valence-electron chi connectivity index (χ4n) is 11.1. The quantitative estimate of drug-likeness (QED) is 0.101. The number of fused-ring (bicyclic) bond motifs is 6. The molecular weight excluding hydrogens is 849 g/mol. The molecule has 2 nitrogen and oxygen atoms in total. The summed E-state index contributed by atoms with van der Waals surface area (Å²) in [6, 6.07) is 103. The zero-order valence-electron chi connectivity index (χ0n) is 38.0. The van der Waals surface area contributed by atoms with Gasteiger partial charge in [0.15, 0.2) is 8.07 Å². The molecule has 11 aromatic carbocycles. The summed E-state index contributed by atoms with van der Waals surface area (Å²) in [6.45, 7) is 0. The molecule has 0 fully saturated rings. The zero-order valence-corrected chi connectivity index (χ0v) is 39.0. The second-order valence-electron chi connectivity index (χ2n) is 18.1. The summed E-state index contributed by atoms with van der Waals surface area (Å²) in [5, 5.41) is 10.4. The van der Waals surface area contributed by atoms with Gasteiger partial charge in [-0.15, -0.1) is 0 Å². The molecule has 0 saturated carbocycles. The Kier molecular flexibility index (Phi) is 9.88. The normalized spacial score (nSPS) is 11.8. The predicted molar refractivity (Wildman–Crippen MR) is 295 cm³/mol. The molecule has 0 amide bonds. The van der Waals surface area contributed by atoms with Crippen molar-refractivity contribution in [1.82, 2.24) is 9.13 Å². The van der Waals surface area contributed by atoms with Gasteiger partial charge < -0.3 is 9.13 Å². The summed E-state index contributed by atoms with van der Waals surface area (Å²) in [5.74, 6) is 0. The third-order valence-corrected chi connectivity index (χ3v) is 19.0. The van der Waals surface area contributed by atoms with Crippen LogP contribution in [0.3, 0.4) is 0 Å². The van der Waals surface area contributed by atoms with Crippen LogP contribution in [0, 0.1) is 0 Å². The molecule has 0 aliphatic heterocycles.